The standard InChI is InChI=1S/C18H23N5S/c1-5-10-19-18(24)21-20-11-17-14(3)22-23(15(17)4)12-16-8-6-13(2)7-9-16/h5-9,11H,1,10,12H2,2-4H3,(H2,19,21,24)/b20-11-. The number of hydrogen-bond acceptors (Lipinski definition) is 3. The van der Waals surface area contributed by atoms with Crippen LogP contribution in [0.4, 0.5) is 0 Å². The summed E-state index contributed by atoms with van der Waals surface area (Å²) in [7, 11) is 0. The molecule has 0 aliphatic carbocycles. The first-order chi connectivity index (χ1) is 11.5. The van der Waals surface area contributed by atoms with Gasteiger partial charge in [-0.2, -0.15) is 10.2 Å². The second kappa shape index (κ2) is 8.40. The van der Waals surface area contributed by atoms with Crippen molar-refractivity contribution in [3.8, 4) is 0 Å². The van der Waals surface area contributed by atoms with Crippen molar-refractivity contribution in [3.63, 3.8) is 0 Å². The van der Waals surface area contributed by atoms with Crippen molar-refractivity contribution in [1.29, 1.82) is 0 Å². The largest absolute Gasteiger partial charge is 0.358 e. The fourth-order valence-corrected chi connectivity index (χ4v) is 2.41. The molecule has 0 fully saturated rings. The van der Waals surface area contributed by atoms with Gasteiger partial charge in [-0.25, -0.2) is 0 Å². The molecule has 0 radical (unpaired) electrons. The molecule has 0 unspecified atom stereocenters. The van der Waals surface area contributed by atoms with E-state index in [9.17, 15) is 0 Å². The van der Waals surface area contributed by atoms with Gasteiger partial charge in [-0.1, -0.05) is 35.9 Å². The van der Waals surface area contributed by atoms with Crippen molar-refractivity contribution in [2.75, 3.05) is 6.54 Å². The molecule has 0 aliphatic heterocycles. The van der Waals surface area contributed by atoms with Crippen LogP contribution in [0.1, 0.15) is 28.1 Å². The minimum Gasteiger partial charge on any atom is -0.358 e. The van der Waals surface area contributed by atoms with E-state index < -0.39 is 0 Å². The topological polar surface area (TPSA) is 54.2 Å². The van der Waals surface area contributed by atoms with Crippen LogP contribution in [0, 0.1) is 20.8 Å². The highest BCUT2D eigenvalue weighted by molar-refractivity contribution is 7.80. The van der Waals surface area contributed by atoms with Gasteiger partial charge in [0.1, 0.15) is 0 Å². The molecule has 0 aliphatic rings. The number of hydrazone groups is 1. The highest BCUT2D eigenvalue weighted by Gasteiger charge is 2.10. The van der Waals surface area contributed by atoms with Crippen molar-refractivity contribution in [1.82, 2.24) is 20.5 Å². The second-order valence-corrected chi connectivity index (χ2v) is 6.00. The fraction of sp³-hybridized carbons (Fsp3) is 0.278. The summed E-state index contributed by atoms with van der Waals surface area (Å²) in [6, 6.07) is 8.49. The van der Waals surface area contributed by atoms with Crippen molar-refractivity contribution in [2.24, 2.45) is 5.10 Å². The molecule has 0 atom stereocenters. The van der Waals surface area contributed by atoms with Gasteiger partial charge in [-0.05, 0) is 38.6 Å². The van der Waals surface area contributed by atoms with E-state index in [-0.39, 0.29) is 0 Å². The van der Waals surface area contributed by atoms with E-state index in [2.05, 4.69) is 58.7 Å². The van der Waals surface area contributed by atoms with E-state index in [0.717, 1.165) is 23.5 Å². The molecule has 0 spiro atoms. The van der Waals surface area contributed by atoms with Crippen LogP contribution in [-0.2, 0) is 6.54 Å². The molecule has 1 aromatic carbocycles. The van der Waals surface area contributed by atoms with E-state index in [1.165, 1.54) is 11.1 Å². The summed E-state index contributed by atoms with van der Waals surface area (Å²) in [5.41, 5.74) is 8.29. The summed E-state index contributed by atoms with van der Waals surface area (Å²) in [5.74, 6) is 0. The van der Waals surface area contributed by atoms with Crippen LogP contribution in [-0.4, -0.2) is 27.7 Å². The van der Waals surface area contributed by atoms with E-state index in [0.29, 0.717) is 11.7 Å². The molecule has 2 rings (SSSR count). The molecule has 5 nitrogen and oxygen atoms in total. The van der Waals surface area contributed by atoms with Gasteiger partial charge in [-0.15, -0.1) is 6.58 Å². The zero-order valence-corrected chi connectivity index (χ0v) is 15.2. The van der Waals surface area contributed by atoms with E-state index >= 15 is 0 Å². The Morgan fingerprint density at radius 2 is 2.00 bits per heavy atom. The molecule has 0 saturated carbocycles. The lowest BCUT2D eigenvalue weighted by molar-refractivity contribution is 0.659. The average molecular weight is 341 g/mol. The minimum atomic E-state index is 0.466. The minimum absolute atomic E-state index is 0.466. The van der Waals surface area contributed by atoms with Crippen molar-refractivity contribution in [2.45, 2.75) is 27.3 Å². The van der Waals surface area contributed by atoms with Crippen molar-refractivity contribution in [3.05, 3.63) is 65.0 Å². The smallest absolute Gasteiger partial charge is 0.187 e. The summed E-state index contributed by atoms with van der Waals surface area (Å²) >= 11 is 5.10. The lowest BCUT2D eigenvalue weighted by Gasteiger charge is -2.05. The van der Waals surface area contributed by atoms with Crippen molar-refractivity contribution >= 4 is 23.5 Å². The summed E-state index contributed by atoms with van der Waals surface area (Å²) in [5, 5.41) is 12.2. The van der Waals surface area contributed by atoms with E-state index in [4.69, 9.17) is 12.2 Å². The number of rotatable bonds is 6. The summed E-state index contributed by atoms with van der Waals surface area (Å²) in [6.07, 6.45) is 3.49. The summed E-state index contributed by atoms with van der Waals surface area (Å²) in [6.45, 7) is 11.1. The molecule has 1 heterocycles. The molecular formula is C18H23N5S. The van der Waals surface area contributed by atoms with Crippen LogP contribution in [0.2, 0.25) is 0 Å². The number of aryl methyl sites for hydroxylation is 2. The highest BCUT2D eigenvalue weighted by Crippen LogP contribution is 2.13. The number of nitrogens with zero attached hydrogens (tertiary/aromatic N) is 3. The quantitative estimate of drug-likeness (QED) is 0.367. The Bertz CT molecular complexity index is 744. The zero-order chi connectivity index (χ0) is 17.5. The third-order valence-electron chi connectivity index (χ3n) is 3.66. The van der Waals surface area contributed by atoms with Gasteiger partial charge < -0.3 is 5.32 Å². The van der Waals surface area contributed by atoms with Crippen molar-refractivity contribution < 1.29 is 0 Å². The van der Waals surface area contributed by atoms with Crippen LogP contribution in [0.15, 0.2) is 42.0 Å². The van der Waals surface area contributed by atoms with Gasteiger partial charge >= 0.3 is 0 Å². The number of aromatic nitrogens is 2. The first-order valence-corrected chi connectivity index (χ1v) is 8.19. The first kappa shape index (κ1) is 17.9. The molecule has 2 N–H and O–H groups in total. The average Bonchev–Trinajstić information content (AvgIpc) is 2.82. The van der Waals surface area contributed by atoms with Gasteiger partial charge in [0.15, 0.2) is 5.11 Å². The summed E-state index contributed by atoms with van der Waals surface area (Å²) in [4.78, 5) is 0. The van der Waals surface area contributed by atoms with Gasteiger partial charge in [0, 0.05) is 17.8 Å². The third-order valence-corrected chi connectivity index (χ3v) is 3.89. The monoisotopic (exact) mass is 341 g/mol. The maximum absolute atomic E-state index is 5.10. The van der Waals surface area contributed by atoms with Crippen LogP contribution in [0.25, 0.3) is 0 Å². The number of hydrogen-bond donors (Lipinski definition) is 2. The Kier molecular flexibility index (Phi) is 6.26. The Morgan fingerprint density at radius 3 is 2.67 bits per heavy atom. The molecular weight excluding hydrogens is 318 g/mol. The van der Waals surface area contributed by atoms with Gasteiger partial charge in [0.05, 0.1) is 18.5 Å². The number of thiocarbonyl (C=S) groups is 1. The van der Waals surface area contributed by atoms with Crippen LogP contribution in [0.3, 0.4) is 0 Å². The lowest BCUT2D eigenvalue weighted by atomic mass is 10.1. The van der Waals surface area contributed by atoms with Gasteiger partial charge in [0.2, 0.25) is 0 Å². The molecule has 2 aromatic rings. The molecule has 6 heteroatoms. The Balaban J connectivity index is 2.06. The Hall–Kier alpha value is -2.47. The predicted molar refractivity (Wildman–Crippen MR) is 104 cm³/mol. The maximum atomic E-state index is 5.10. The molecule has 1 aromatic heterocycles. The SMILES string of the molecule is C=CCNC(=S)N/N=C\c1c(C)nn(Cc2ccc(C)cc2)c1C. The number of nitrogens with one attached hydrogen (secondary N) is 2. The maximum Gasteiger partial charge on any atom is 0.187 e. The highest BCUT2D eigenvalue weighted by atomic mass is 32.1. The van der Waals surface area contributed by atoms with Gasteiger partial charge in [0.25, 0.3) is 0 Å². The fourth-order valence-electron chi connectivity index (χ4n) is 2.28. The van der Waals surface area contributed by atoms with Crippen LogP contribution in [0.5, 0.6) is 0 Å². The Labute approximate surface area is 148 Å². The molecule has 126 valence electrons. The van der Waals surface area contributed by atoms with E-state index in [1.807, 2.05) is 18.5 Å². The molecule has 24 heavy (non-hydrogen) atoms. The second-order valence-electron chi connectivity index (χ2n) is 5.60. The van der Waals surface area contributed by atoms with Crippen LogP contribution >= 0.6 is 12.2 Å². The zero-order valence-electron chi connectivity index (χ0n) is 14.3. The normalized spacial score (nSPS) is 10.8. The predicted octanol–water partition coefficient (Wildman–Crippen LogP) is 2.84. The Morgan fingerprint density at radius 1 is 1.29 bits per heavy atom. The molecule has 0 amide bonds. The third kappa shape index (κ3) is 4.76. The first-order valence-electron chi connectivity index (χ1n) is 7.78. The van der Waals surface area contributed by atoms with E-state index in [1.54, 1.807) is 12.3 Å². The molecule has 0 saturated heterocycles. The summed E-state index contributed by atoms with van der Waals surface area (Å²) < 4.78 is 2.00. The lowest BCUT2D eigenvalue weighted by Crippen LogP contribution is -2.31. The number of benzene rings is 1. The van der Waals surface area contributed by atoms with Crippen LogP contribution < -0.4 is 10.7 Å². The molecule has 0 bridgehead atoms. The van der Waals surface area contributed by atoms with Gasteiger partial charge in [-0.3, -0.25) is 10.1 Å².